The summed E-state index contributed by atoms with van der Waals surface area (Å²) in [6.07, 6.45) is -7.53. The average Bonchev–Trinajstić information content (AvgIpc) is 2.62. The van der Waals surface area contributed by atoms with Gasteiger partial charge in [-0.1, -0.05) is 0 Å². The van der Waals surface area contributed by atoms with Crippen LogP contribution in [0.25, 0.3) is 0 Å². The van der Waals surface area contributed by atoms with Crippen molar-refractivity contribution in [1.82, 2.24) is 0 Å². The number of rotatable bonds is 9. The van der Waals surface area contributed by atoms with Crippen LogP contribution in [0.1, 0.15) is 47.5 Å². The van der Waals surface area contributed by atoms with Gasteiger partial charge < -0.3 is 33.2 Å². The minimum absolute atomic E-state index is 0.106. The van der Waals surface area contributed by atoms with E-state index < -0.39 is 67.2 Å². The molecular weight excluding hydrogens is 420 g/mol. The zero-order valence-electron chi connectivity index (χ0n) is 17.9. The Kier molecular flexibility index (Phi) is 10.1. The molecule has 1 fully saturated rings. The summed E-state index contributed by atoms with van der Waals surface area (Å²) in [6, 6.07) is 0. The highest BCUT2D eigenvalue weighted by Crippen LogP contribution is 2.30. The molecule has 5 atom stereocenters. The number of esters is 5. The molecule has 31 heavy (non-hydrogen) atoms. The van der Waals surface area contributed by atoms with E-state index in [1.807, 2.05) is 0 Å². The fourth-order valence-corrected chi connectivity index (χ4v) is 2.74. The van der Waals surface area contributed by atoms with E-state index in [2.05, 4.69) is 0 Å². The van der Waals surface area contributed by atoms with Crippen molar-refractivity contribution in [3.05, 3.63) is 0 Å². The minimum atomic E-state index is -1.57. The predicted octanol–water partition coefficient (Wildman–Crippen LogP) is -0.0181. The molecule has 12 heteroatoms. The fraction of sp³-hybridized carbons (Fsp3) is 0.684. The monoisotopic (exact) mass is 446 g/mol. The van der Waals surface area contributed by atoms with Crippen molar-refractivity contribution in [2.24, 2.45) is 0 Å². The molecule has 0 aliphatic carbocycles. The SMILES string of the molecule is CC(=O)CCC(=O)O[C@H]1[C@H](OC(C)=O)O[C@H](COC(C)=O)[C@H](OC(C)=O)[C@@H]1OC(C)=O. The third-order valence-corrected chi connectivity index (χ3v) is 3.88. The molecular formula is C19H26O12. The first-order valence-electron chi connectivity index (χ1n) is 9.40. The van der Waals surface area contributed by atoms with Gasteiger partial charge in [0.25, 0.3) is 0 Å². The van der Waals surface area contributed by atoms with Gasteiger partial charge in [-0.25, -0.2) is 0 Å². The van der Waals surface area contributed by atoms with Gasteiger partial charge in [0.05, 0.1) is 6.42 Å². The molecule has 174 valence electrons. The summed E-state index contributed by atoms with van der Waals surface area (Å²) in [5.41, 5.74) is 0. The Balaban J connectivity index is 3.29. The van der Waals surface area contributed by atoms with E-state index in [-0.39, 0.29) is 18.6 Å². The van der Waals surface area contributed by atoms with Crippen LogP contribution in [-0.2, 0) is 57.2 Å². The zero-order chi connectivity index (χ0) is 23.7. The van der Waals surface area contributed by atoms with Gasteiger partial charge in [0.15, 0.2) is 12.2 Å². The summed E-state index contributed by atoms with van der Waals surface area (Å²) >= 11 is 0. The highest BCUT2D eigenvalue weighted by Gasteiger charge is 2.53. The van der Waals surface area contributed by atoms with E-state index >= 15 is 0 Å². The van der Waals surface area contributed by atoms with Crippen molar-refractivity contribution >= 4 is 35.6 Å². The lowest BCUT2D eigenvalue weighted by atomic mass is 9.98. The van der Waals surface area contributed by atoms with Gasteiger partial charge in [-0.3, -0.25) is 24.0 Å². The topological polar surface area (TPSA) is 158 Å². The van der Waals surface area contributed by atoms with Gasteiger partial charge in [0.1, 0.15) is 18.5 Å². The van der Waals surface area contributed by atoms with Crippen LogP contribution in [0.4, 0.5) is 0 Å². The number of hydrogen-bond acceptors (Lipinski definition) is 12. The molecule has 0 spiro atoms. The number of ether oxygens (including phenoxy) is 6. The van der Waals surface area contributed by atoms with Crippen molar-refractivity contribution < 1.29 is 57.2 Å². The summed E-state index contributed by atoms with van der Waals surface area (Å²) in [5.74, 6) is -4.21. The van der Waals surface area contributed by atoms with Crippen LogP contribution >= 0.6 is 0 Å². The van der Waals surface area contributed by atoms with Crippen molar-refractivity contribution in [3.8, 4) is 0 Å². The number of Topliss-reactive ketones (excluding diaryl/α,β-unsaturated/α-hetero) is 1. The van der Waals surface area contributed by atoms with Crippen LogP contribution in [0.15, 0.2) is 0 Å². The third kappa shape index (κ3) is 9.11. The molecule has 0 unspecified atom stereocenters. The van der Waals surface area contributed by atoms with E-state index in [1.54, 1.807) is 0 Å². The van der Waals surface area contributed by atoms with E-state index in [0.717, 1.165) is 27.7 Å². The van der Waals surface area contributed by atoms with E-state index in [0.29, 0.717) is 0 Å². The Bertz CT molecular complexity index is 715. The largest absolute Gasteiger partial charge is 0.463 e. The van der Waals surface area contributed by atoms with Gasteiger partial charge in [-0.05, 0) is 6.92 Å². The number of carbonyl (C=O) groups excluding carboxylic acids is 6. The Morgan fingerprint density at radius 3 is 1.68 bits per heavy atom. The summed E-state index contributed by atoms with van der Waals surface area (Å²) in [4.78, 5) is 69.5. The molecule has 0 aromatic carbocycles. The van der Waals surface area contributed by atoms with E-state index in [1.165, 1.54) is 6.92 Å². The zero-order valence-corrected chi connectivity index (χ0v) is 17.9. The van der Waals surface area contributed by atoms with Crippen LogP contribution in [0.3, 0.4) is 0 Å². The predicted molar refractivity (Wildman–Crippen MR) is 98.0 cm³/mol. The van der Waals surface area contributed by atoms with Gasteiger partial charge in [-0.2, -0.15) is 0 Å². The number of carbonyl (C=O) groups is 6. The second kappa shape index (κ2) is 12.0. The molecule has 12 nitrogen and oxygen atoms in total. The lowest BCUT2D eigenvalue weighted by Crippen LogP contribution is -2.63. The summed E-state index contributed by atoms with van der Waals surface area (Å²) in [5, 5.41) is 0. The molecule has 0 radical (unpaired) electrons. The second-order valence-corrected chi connectivity index (χ2v) is 6.76. The smallest absolute Gasteiger partial charge is 0.306 e. The van der Waals surface area contributed by atoms with Crippen molar-refractivity contribution in [2.75, 3.05) is 6.61 Å². The third-order valence-electron chi connectivity index (χ3n) is 3.88. The first-order chi connectivity index (χ1) is 14.4. The average molecular weight is 446 g/mol. The molecule has 0 amide bonds. The molecule has 0 N–H and O–H groups in total. The maximum atomic E-state index is 12.2. The normalized spacial score (nSPS) is 25.0. The van der Waals surface area contributed by atoms with E-state index in [4.69, 9.17) is 28.4 Å². The molecule has 0 aromatic rings. The maximum Gasteiger partial charge on any atom is 0.306 e. The van der Waals surface area contributed by atoms with Gasteiger partial charge >= 0.3 is 29.8 Å². The van der Waals surface area contributed by atoms with E-state index in [9.17, 15) is 28.8 Å². The molecule has 0 saturated carbocycles. The Morgan fingerprint density at radius 1 is 0.645 bits per heavy atom. The first kappa shape index (κ1) is 26.0. The lowest BCUT2D eigenvalue weighted by Gasteiger charge is -2.43. The second-order valence-electron chi connectivity index (χ2n) is 6.76. The molecule has 1 aliphatic heterocycles. The number of ketones is 1. The van der Waals surface area contributed by atoms with Crippen molar-refractivity contribution in [1.29, 1.82) is 0 Å². The molecule has 1 saturated heterocycles. The fourth-order valence-electron chi connectivity index (χ4n) is 2.74. The summed E-state index contributed by atoms with van der Waals surface area (Å²) in [6.45, 7) is 5.20. The number of hydrogen-bond donors (Lipinski definition) is 0. The Morgan fingerprint density at radius 2 is 1.19 bits per heavy atom. The molecule has 0 bridgehead atoms. The molecule has 1 aliphatic rings. The molecule has 0 aromatic heterocycles. The van der Waals surface area contributed by atoms with Crippen LogP contribution in [0, 0.1) is 0 Å². The highest BCUT2D eigenvalue weighted by atomic mass is 16.7. The van der Waals surface area contributed by atoms with Crippen LogP contribution in [-0.4, -0.2) is 72.9 Å². The van der Waals surface area contributed by atoms with Gasteiger partial charge in [-0.15, -0.1) is 0 Å². The van der Waals surface area contributed by atoms with Gasteiger partial charge in [0, 0.05) is 34.1 Å². The lowest BCUT2D eigenvalue weighted by molar-refractivity contribution is -0.300. The Hall–Kier alpha value is -3.02. The summed E-state index contributed by atoms with van der Waals surface area (Å²) in [7, 11) is 0. The quantitative estimate of drug-likeness (QED) is 0.345. The van der Waals surface area contributed by atoms with Crippen molar-refractivity contribution in [3.63, 3.8) is 0 Å². The molecule has 1 heterocycles. The van der Waals surface area contributed by atoms with Crippen LogP contribution in [0.2, 0.25) is 0 Å². The molecule has 1 rings (SSSR count). The Labute approximate surface area is 178 Å². The minimum Gasteiger partial charge on any atom is -0.463 e. The highest BCUT2D eigenvalue weighted by molar-refractivity contribution is 5.81. The first-order valence-corrected chi connectivity index (χ1v) is 9.40. The van der Waals surface area contributed by atoms with Crippen LogP contribution < -0.4 is 0 Å². The van der Waals surface area contributed by atoms with Gasteiger partial charge in [0.2, 0.25) is 12.4 Å². The maximum absolute atomic E-state index is 12.2. The van der Waals surface area contributed by atoms with Crippen LogP contribution in [0.5, 0.6) is 0 Å². The standard InChI is InChI=1S/C19H26O12/c1-9(20)6-7-15(25)31-18-17(28-12(4)23)16(27-11(3)22)14(8-26-10(2)21)30-19(18)29-13(5)24/h14,16-19H,6-8H2,1-5H3/t14-,16+,17+,18-,19-/m1/s1. The van der Waals surface area contributed by atoms with Crippen molar-refractivity contribution in [2.45, 2.75) is 78.2 Å². The summed E-state index contributed by atoms with van der Waals surface area (Å²) < 4.78 is 31.2.